The van der Waals surface area contributed by atoms with Crippen LogP contribution < -0.4 is 5.73 Å². The molecule has 0 aliphatic heterocycles. The maximum atomic E-state index is 13.0. The molecule has 4 aromatic rings. The SMILES string of the molecule is Nc1nc(-c2ccc3ncc(C(F)F)n3n2)c2cc[nH]c2n1. The molecule has 9 heteroatoms. The first-order chi connectivity index (χ1) is 10.6. The van der Waals surface area contributed by atoms with Gasteiger partial charge in [-0.15, -0.1) is 0 Å². The molecule has 110 valence electrons. The van der Waals surface area contributed by atoms with E-state index in [9.17, 15) is 8.78 Å². The lowest BCUT2D eigenvalue weighted by Crippen LogP contribution is -2.02. The van der Waals surface area contributed by atoms with E-state index >= 15 is 0 Å². The summed E-state index contributed by atoms with van der Waals surface area (Å²) in [5.74, 6) is 0.0755. The molecule has 22 heavy (non-hydrogen) atoms. The Kier molecular flexibility index (Phi) is 2.55. The molecule has 0 saturated carbocycles. The molecule has 0 bridgehead atoms. The number of nitrogens with one attached hydrogen (secondary N) is 1. The van der Waals surface area contributed by atoms with Gasteiger partial charge in [0.15, 0.2) is 5.65 Å². The minimum absolute atomic E-state index is 0.0755. The van der Waals surface area contributed by atoms with Gasteiger partial charge in [0, 0.05) is 11.6 Å². The maximum Gasteiger partial charge on any atom is 0.282 e. The van der Waals surface area contributed by atoms with Gasteiger partial charge in [-0.2, -0.15) is 10.1 Å². The Bertz CT molecular complexity index is 989. The summed E-state index contributed by atoms with van der Waals surface area (Å²) < 4.78 is 27.1. The first-order valence-corrected chi connectivity index (χ1v) is 6.37. The third-order valence-corrected chi connectivity index (χ3v) is 3.29. The van der Waals surface area contributed by atoms with Crippen molar-refractivity contribution < 1.29 is 8.78 Å². The van der Waals surface area contributed by atoms with Crippen LogP contribution >= 0.6 is 0 Å². The van der Waals surface area contributed by atoms with Crippen LogP contribution in [-0.2, 0) is 0 Å². The van der Waals surface area contributed by atoms with Crippen LogP contribution in [0, 0.1) is 0 Å². The van der Waals surface area contributed by atoms with Crippen LogP contribution in [0.5, 0.6) is 0 Å². The Morgan fingerprint density at radius 2 is 2.05 bits per heavy atom. The number of alkyl halides is 2. The second-order valence-corrected chi connectivity index (χ2v) is 4.64. The minimum atomic E-state index is -2.67. The highest BCUT2D eigenvalue weighted by molar-refractivity contribution is 5.90. The molecule has 0 fully saturated rings. The molecule has 3 N–H and O–H groups in total. The average Bonchev–Trinajstić information content (AvgIpc) is 3.11. The third kappa shape index (κ3) is 1.79. The van der Waals surface area contributed by atoms with Crippen LogP contribution in [0.25, 0.3) is 28.1 Å². The predicted molar refractivity (Wildman–Crippen MR) is 75.2 cm³/mol. The third-order valence-electron chi connectivity index (χ3n) is 3.29. The van der Waals surface area contributed by atoms with Crippen LogP contribution in [0.1, 0.15) is 12.1 Å². The van der Waals surface area contributed by atoms with Crippen molar-refractivity contribution in [3.05, 3.63) is 36.3 Å². The number of nitrogen functional groups attached to an aromatic ring is 1. The molecule has 0 unspecified atom stereocenters. The smallest absolute Gasteiger partial charge is 0.282 e. The van der Waals surface area contributed by atoms with Gasteiger partial charge in [-0.25, -0.2) is 23.3 Å². The quantitative estimate of drug-likeness (QED) is 0.591. The lowest BCUT2D eigenvalue weighted by Gasteiger charge is -2.05. The lowest BCUT2D eigenvalue weighted by molar-refractivity contribution is 0.143. The molecule has 4 aromatic heterocycles. The Morgan fingerprint density at radius 3 is 2.86 bits per heavy atom. The summed E-state index contributed by atoms with van der Waals surface area (Å²) in [6.45, 7) is 0. The summed E-state index contributed by atoms with van der Waals surface area (Å²) in [5, 5.41) is 4.92. The lowest BCUT2D eigenvalue weighted by atomic mass is 10.2. The van der Waals surface area contributed by atoms with E-state index in [-0.39, 0.29) is 11.6 Å². The zero-order chi connectivity index (χ0) is 15.3. The largest absolute Gasteiger partial charge is 0.368 e. The molecule has 0 aromatic carbocycles. The fourth-order valence-corrected chi connectivity index (χ4v) is 2.32. The van der Waals surface area contributed by atoms with Crippen LogP contribution in [0.3, 0.4) is 0 Å². The van der Waals surface area contributed by atoms with Gasteiger partial charge in [-0.1, -0.05) is 0 Å². The Balaban J connectivity index is 2.00. The summed E-state index contributed by atoms with van der Waals surface area (Å²) in [6, 6.07) is 5.04. The van der Waals surface area contributed by atoms with Crippen molar-refractivity contribution in [1.29, 1.82) is 0 Å². The second-order valence-electron chi connectivity index (χ2n) is 4.64. The molecule has 0 amide bonds. The van der Waals surface area contributed by atoms with Crippen molar-refractivity contribution in [3.8, 4) is 11.4 Å². The van der Waals surface area contributed by atoms with Gasteiger partial charge in [0.1, 0.15) is 22.7 Å². The van der Waals surface area contributed by atoms with E-state index in [1.165, 1.54) is 0 Å². The highest BCUT2D eigenvalue weighted by Crippen LogP contribution is 2.26. The van der Waals surface area contributed by atoms with Gasteiger partial charge < -0.3 is 10.7 Å². The number of imidazole rings is 1. The first-order valence-electron chi connectivity index (χ1n) is 6.37. The second kappa shape index (κ2) is 4.45. The number of aromatic amines is 1. The zero-order valence-electron chi connectivity index (χ0n) is 11.0. The summed E-state index contributed by atoms with van der Waals surface area (Å²) in [4.78, 5) is 15.1. The number of fused-ring (bicyclic) bond motifs is 2. The summed E-state index contributed by atoms with van der Waals surface area (Å²) >= 11 is 0. The molecule has 0 spiro atoms. The molecule has 0 aliphatic carbocycles. The van der Waals surface area contributed by atoms with Gasteiger partial charge in [0.25, 0.3) is 6.43 Å². The van der Waals surface area contributed by atoms with E-state index in [1.807, 2.05) is 0 Å². The normalized spacial score (nSPS) is 11.8. The minimum Gasteiger partial charge on any atom is -0.368 e. The number of hydrogen-bond donors (Lipinski definition) is 2. The van der Waals surface area contributed by atoms with Crippen LogP contribution in [-0.4, -0.2) is 29.5 Å². The molecule has 0 saturated heterocycles. The molecule has 0 aliphatic rings. The van der Waals surface area contributed by atoms with Gasteiger partial charge >= 0.3 is 0 Å². The molecule has 7 nitrogen and oxygen atoms in total. The Hall–Kier alpha value is -3.10. The van der Waals surface area contributed by atoms with Gasteiger partial charge in [0.2, 0.25) is 5.95 Å². The Labute approximate surface area is 121 Å². The van der Waals surface area contributed by atoms with Gasteiger partial charge in [-0.05, 0) is 18.2 Å². The van der Waals surface area contributed by atoms with Gasteiger partial charge in [0.05, 0.1) is 6.20 Å². The van der Waals surface area contributed by atoms with Crippen molar-refractivity contribution in [3.63, 3.8) is 0 Å². The van der Waals surface area contributed by atoms with Crippen LogP contribution in [0.4, 0.5) is 14.7 Å². The molecular weight excluding hydrogens is 292 g/mol. The van der Waals surface area contributed by atoms with Crippen molar-refractivity contribution in [2.24, 2.45) is 0 Å². The van der Waals surface area contributed by atoms with E-state index in [0.29, 0.717) is 28.1 Å². The fourth-order valence-electron chi connectivity index (χ4n) is 2.32. The summed E-state index contributed by atoms with van der Waals surface area (Å²) in [5.41, 5.74) is 7.19. The van der Waals surface area contributed by atoms with E-state index in [1.54, 1.807) is 24.4 Å². The number of halogens is 2. The van der Waals surface area contributed by atoms with Crippen LogP contribution in [0.2, 0.25) is 0 Å². The number of rotatable bonds is 2. The monoisotopic (exact) mass is 301 g/mol. The number of aromatic nitrogens is 6. The molecule has 4 heterocycles. The van der Waals surface area contributed by atoms with E-state index in [2.05, 4.69) is 25.0 Å². The highest BCUT2D eigenvalue weighted by atomic mass is 19.3. The van der Waals surface area contributed by atoms with Crippen LogP contribution in [0.15, 0.2) is 30.6 Å². The van der Waals surface area contributed by atoms with E-state index in [4.69, 9.17) is 5.73 Å². The fraction of sp³-hybridized carbons (Fsp3) is 0.0769. The van der Waals surface area contributed by atoms with Gasteiger partial charge in [-0.3, -0.25) is 0 Å². The standard InChI is InChI=1S/C13H9F2N7/c14-11(15)8-5-18-9-2-1-7(21-22(8)9)10-6-3-4-17-12(6)20-13(16)19-10/h1-5,11H,(H3,16,17,19,20). The number of nitrogens with two attached hydrogens (primary N) is 1. The number of H-pyrrole nitrogens is 1. The molecule has 4 rings (SSSR count). The topological polar surface area (TPSA) is 97.8 Å². The van der Waals surface area contributed by atoms with Crippen molar-refractivity contribution in [2.45, 2.75) is 6.43 Å². The van der Waals surface area contributed by atoms with E-state index < -0.39 is 6.43 Å². The molecule has 0 atom stereocenters. The zero-order valence-corrected chi connectivity index (χ0v) is 11.0. The molecular formula is C13H9F2N7. The Morgan fingerprint density at radius 1 is 1.18 bits per heavy atom. The van der Waals surface area contributed by atoms with Crippen molar-refractivity contribution in [2.75, 3.05) is 5.73 Å². The molecule has 0 radical (unpaired) electrons. The van der Waals surface area contributed by atoms with Crippen molar-refractivity contribution in [1.82, 2.24) is 29.5 Å². The summed E-state index contributed by atoms with van der Waals surface area (Å²) in [7, 11) is 0. The number of nitrogens with zero attached hydrogens (tertiary/aromatic N) is 5. The maximum absolute atomic E-state index is 13.0. The first kappa shape index (κ1) is 12.6. The predicted octanol–water partition coefficient (Wildman–Crippen LogP) is 2.19. The summed E-state index contributed by atoms with van der Waals surface area (Å²) in [6.07, 6.45) is 0.139. The van der Waals surface area contributed by atoms with Crippen molar-refractivity contribution >= 4 is 22.6 Å². The van der Waals surface area contributed by atoms with E-state index in [0.717, 1.165) is 10.7 Å². The highest BCUT2D eigenvalue weighted by Gasteiger charge is 2.17. The number of hydrogen-bond acceptors (Lipinski definition) is 5. The number of anilines is 1. The average molecular weight is 301 g/mol.